The molecule has 9 nitrogen and oxygen atoms in total. The number of ether oxygens (including phenoxy) is 1. The molecule has 0 saturated carbocycles. The van der Waals surface area contributed by atoms with Gasteiger partial charge in [-0.3, -0.25) is 19.3 Å². The van der Waals surface area contributed by atoms with Gasteiger partial charge in [-0.1, -0.05) is 85.0 Å². The average Bonchev–Trinajstić information content (AvgIpc) is 3.37. The minimum atomic E-state index is -0.957. The van der Waals surface area contributed by atoms with Gasteiger partial charge in [0.1, 0.15) is 6.04 Å². The van der Waals surface area contributed by atoms with Crippen LogP contribution in [-0.2, 0) is 32.1 Å². The van der Waals surface area contributed by atoms with Gasteiger partial charge in [0.2, 0.25) is 17.7 Å². The highest BCUT2D eigenvalue weighted by Gasteiger charge is 2.74. The van der Waals surface area contributed by atoms with Crippen LogP contribution in [0.1, 0.15) is 18.1 Å². The van der Waals surface area contributed by atoms with E-state index in [0.29, 0.717) is 45.8 Å². The largest absolute Gasteiger partial charge is 0.394 e. The molecule has 3 saturated heterocycles. The molecule has 5 heterocycles. The topological polar surface area (TPSA) is 93.6 Å². The molecule has 5 aliphatic rings. The minimum Gasteiger partial charge on any atom is -0.394 e. The van der Waals surface area contributed by atoms with E-state index in [9.17, 15) is 14.7 Å². The van der Waals surface area contributed by atoms with Crippen molar-refractivity contribution < 1.29 is 24.2 Å². The smallest absolute Gasteiger partial charge is 0.247 e. The van der Waals surface area contributed by atoms with E-state index in [0.717, 1.165) is 30.8 Å². The number of nitrogens with zero attached hydrogens (tertiary/aromatic N) is 4. The minimum absolute atomic E-state index is 0.0671. The van der Waals surface area contributed by atoms with E-state index in [4.69, 9.17) is 4.74 Å². The Bertz CT molecular complexity index is 1530. The first-order chi connectivity index (χ1) is 22.8. The molecule has 0 bridgehead atoms. The Hall–Kier alpha value is -3.44. The number of aliphatic hydroxyl groups is 1. The van der Waals surface area contributed by atoms with Crippen LogP contribution in [0.25, 0.3) is 0 Å². The zero-order valence-corrected chi connectivity index (χ0v) is 27.8. The number of hydrogen-bond acceptors (Lipinski definition) is 7. The standard InChI is InChI=1S/C37H44N4O5S/c1-36-14-8-17-40(25-28-12-6-3-7-13-28)33(43)30(36)31-34(44)41(29(26-42)24-27-10-4-2-5-11-27)32-35(45)39(16-9-15-37(31,32)47-36)19-18-38-20-22-46-23-21-38/h2-15,29-32,42H,16-26H2,1H3/t29-,30+,31+,32?,36-,37+/m1/s1. The Labute approximate surface area is 281 Å². The molecule has 0 aliphatic carbocycles. The summed E-state index contributed by atoms with van der Waals surface area (Å²) < 4.78 is 3.88. The van der Waals surface area contributed by atoms with E-state index < -0.39 is 33.4 Å². The van der Waals surface area contributed by atoms with Crippen LogP contribution in [0.15, 0.2) is 85.0 Å². The van der Waals surface area contributed by atoms with Crippen molar-refractivity contribution in [3.63, 3.8) is 0 Å². The number of thioether (sulfide) groups is 1. The molecule has 3 fully saturated rings. The van der Waals surface area contributed by atoms with Gasteiger partial charge in [0.15, 0.2) is 0 Å². The molecule has 2 aromatic carbocycles. The van der Waals surface area contributed by atoms with Gasteiger partial charge < -0.3 is 24.5 Å². The molecule has 1 unspecified atom stereocenters. The van der Waals surface area contributed by atoms with Gasteiger partial charge >= 0.3 is 0 Å². The predicted molar refractivity (Wildman–Crippen MR) is 181 cm³/mol. The molecule has 248 valence electrons. The van der Waals surface area contributed by atoms with Gasteiger partial charge in [-0.2, -0.15) is 0 Å². The second-order valence-electron chi connectivity index (χ2n) is 13.5. The molecule has 2 aromatic rings. The highest BCUT2D eigenvalue weighted by molar-refractivity contribution is 8.02. The third kappa shape index (κ3) is 5.83. The fraction of sp³-hybridized carbons (Fsp3) is 0.486. The number of carbonyl (C=O) groups excluding carboxylic acids is 3. The van der Waals surface area contributed by atoms with E-state index >= 15 is 4.79 Å². The first kappa shape index (κ1) is 32.1. The van der Waals surface area contributed by atoms with Crippen LogP contribution in [0.3, 0.4) is 0 Å². The van der Waals surface area contributed by atoms with Gasteiger partial charge in [0, 0.05) is 50.6 Å². The number of rotatable bonds is 9. The molecule has 47 heavy (non-hydrogen) atoms. The number of hydrogen-bond donors (Lipinski definition) is 1. The number of benzene rings is 2. The van der Waals surface area contributed by atoms with Crippen molar-refractivity contribution in [2.45, 2.75) is 41.5 Å². The van der Waals surface area contributed by atoms with Crippen molar-refractivity contribution >= 4 is 29.5 Å². The lowest BCUT2D eigenvalue weighted by Crippen LogP contribution is -2.58. The van der Waals surface area contributed by atoms with Crippen molar-refractivity contribution in [3.05, 3.63) is 96.1 Å². The fourth-order valence-corrected chi connectivity index (χ4v) is 10.5. The van der Waals surface area contributed by atoms with E-state index in [-0.39, 0.29) is 24.3 Å². The summed E-state index contributed by atoms with van der Waals surface area (Å²) in [7, 11) is 0. The summed E-state index contributed by atoms with van der Waals surface area (Å²) in [5, 5.41) is 10.9. The number of amides is 3. The molecule has 1 N–H and O–H groups in total. The van der Waals surface area contributed by atoms with Crippen molar-refractivity contribution in [1.29, 1.82) is 0 Å². The Morgan fingerprint density at radius 2 is 1.49 bits per heavy atom. The highest BCUT2D eigenvalue weighted by Crippen LogP contribution is 2.66. The van der Waals surface area contributed by atoms with Crippen LogP contribution in [-0.4, -0.2) is 123 Å². The number of fused-ring (bicyclic) bond motifs is 2. The molecule has 0 radical (unpaired) electrons. The van der Waals surface area contributed by atoms with Gasteiger partial charge in [-0.15, -0.1) is 11.8 Å². The van der Waals surface area contributed by atoms with Gasteiger partial charge in [-0.25, -0.2) is 0 Å². The third-order valence-electron chi connectivity index (χ3n) is 10.6. The third-order valence-corrected chi connectivity index (χ3v) is 12.4. The van der Waals surface area contributed by atoms with E-state index in [2.05, 4.69) is 24.0 Å². The highest BCUT2D eigenvalue weighted by atomic mass is 32.2. The van der Waals surface area contributed by atoms with Crippen LogP contribution < -0.4 is 0 Å². The Morgan fingerprint density at radius 1 is 0.830 bits per heavy atom. The molecule has 6 atom stereocenters. The maximum atomic E-state index is 15.0. The lowest BCUT2D eigenvalue weighted by atomic mass is 9.74. The summed E-state index contributed by atoms with van der Waals surface area (Å²) in [5.74, 6) is -1.82. The molecule has 1 spiro atoms. The second kappa shape index (κ2) is 13.2. The van der Waals surface area contributed by atoms with Gasteiger partial charge in [0.25, 0.3) is 0 Å². The summed E-state index contributed by atoms with van der Waals surface area (Å²) >= 11 is 1.59. The molecule has 5 aliphatic heterocycles. The summed E-state index contributed by atoms with van der Waals surface area (Å²) in [6.45, 7) is 7.36. The monoisotopic (exact) mass is 656 g/mol. The summed E-state index contributed by atoms with van der Waals surface area (Å²) in [6.07, 6.45) is 8.65. The quantitative estimate of drug-likeness (QED) is 0.415. The Morgan fingerprint density at radius 3 is 2.19 bits per heavy atom. The Kier molecular flexibility index (Phi) is 9.04. The SMILES string of the molecule is C[C@@]12C=CCN(Cc3ccccc3)C(=O)[C@@H]1[C@H]1C(=O)N([C@@H](CO)Cc3ccccc3)C3C(=O)N(CCN4CCOCC4)CC=C[C@@]31S2. The van der Waals surface area contributed by atoms with E-state index in [1.54, 1.807) is 16.7 Å². The van der Waals surface area contributed by atoms with Gasteiger partial charge in [-0.05, 0) is 24.5 Å². The molecular weight excluding hydrogens is 612 g/mol. The maximum Gasteiger partial charge on any atom is 0.247 e. The van der Waals surface area contributed by atoms with Crippen LogP contribution in [0.4, 0.5) is 0 Å². The fourth-order valence-electron chi connectivity index (χ4n) is 8.32. The number of carbonyl (C=O) groups is 3. The van der Waals surface area contributed by atoms with Crippen molar-refractivity contribution in [3.8, 4) is 0 Å². The second-order valence-corrected chi connectivity index (χ2v) is 15.3. The summed E-state index contributed by atoms with van der Waals surface area (Å²) in [5.41, 5.74) is 2.00. The lowest BCUT2D eigenvalue weighted by molar-refractivity contribution is -0.147. The molecule has 0 aromatic heterocycles. The molecule has 7 rings (SSSR count). The molecular formula is C37H44N4O5S. The normalized spacial score (nSPS) is 31.4. The van der Waals surface area contributed by atoms with Crippen molar-refractivity contribution in [2.75, 3.05) is 59.1 Å². The zero-order chi connectivity index (χ0) is 32.6. The molecule has 10 heteroatoms. The summed E-state index contributed by atoms with van der Waals surface area (Å²) in [4.78, 5) is 52.2. The van der Waals surface area contributed by atoms with E-state index in [1.165, 1.54) is 0 Å². The van der Waals surface area contributed by atoms with Crippen LogP contribution in [0.5, 0.6) is 0 Å². The Balaban J connectivity index is 1.27. The number of likely N-dealkylation sites (tertiary alicyclic amines) is 1. The summed E-state index contributed by atoms with van der Waals surface area (Å²) in [6, 6.07) is 18.2. The van der Waals surface area contributed by atoms with E-state index in [1.807, 2.05) is 82.6 Å². The van der Waals surface area contributed by atoms with Crippen molar-refractivity contribution in [1.82, 2.24) is 19.6 Å². The van der Waals surface area contributed by atoms with Gasteiger partial charge in [0.05, 0.1) is 42.4 Å². The number of aliphatic hydroxyl groups excluding tert-OH is 1. The first-order valence-corrected chi connectivity index (χ1v) is 17.6. The predicted octanol–water partition coefficient (Wildman–Crippen LogP) is 2.61. The average molecular weight is 657 g/mol. The van der Waals surface area contributed by atoms with Crippen LogP contribution in [0, 0.1) is 11.8 Å². The lowest BCUT2D eigenvalue weighted by Gasteiger charge is -2.40. The first-order valence-electron chi connectivity index (χ1n) is 16.8. The van der Waals surface area contributed by atoms with Crippen LogP contribution >= 0.6 is 11.8 Å². The maximum absolute atomic E-state index is 15.0. The molecule has 3 amide bonds. The van der Waals surface area contributed by atoms with Crippen LogP contribution in [0.2, 0.25) is 0 Å². The van der Waals surface area contributed by atoms with Crippen molar-refractivity contribution in [2.24, 2.45) is 11.8 Å². The zero-order valence-electron chi connectivity index (χ0n) is 26.9. The number of morpholine rings is 1.